The average molecular weight is 169 g/mol. The van der Waals surface area contributed by atoms with E-state index in [4.69, 9.17) is 0 Å². The zero-order valence-electron chi connectivity index (χ0n) is 7.55. The van der Waals surface area contributed by atoms with E-state index in [1.807, 2.05) is 12.2 Å². The van der Waals surface area contributed by atoms with Gasteiger partial charge in [0.1, 0.15) is 0 Å². The third-order valence-corrected chi connectivity index (χ3v) is 2.31. The molecule has 0 aromatic rings. The van der Waals surface area contributed by atoms with Crippen LogP contribution in [0, 0.1) is 0 Å². The molecule has 0 rings (SSSR count). The van der Waals surface area contributed by atoms with E-state index >= 15 is 0 Å². The van der Waals surface area contributed by atoms with Crippen molar-refractivity contribution >= 4 is 10.2 Å². The zero-order chi connectivity index (χ0) is 8.53. The molecule has 0 heterocycles. The van der Waals surface area contributed by atoms with Crippen LogP contribution in [0.25, 0.3) is 0 Å². The van der Waals surface area contributed by atoms with Crippen LogP contribution in [-0.4, -0.2) is 34.8 Å². The van der Waals surface area contributed by atoms with Gasteiger partial charge in [-0.1, -0.05) is 18.2 Å². The van der Waals surface area contributed by atoms with E-state index in [0.717, 1.165) is 13.1 Å². The van der Waals surface area contributed by atoms with Gasteiger partial charge in [0.25, 0.3) is 0 Å². The highest BCUT2D eigenvalue weighted by Crippen LogP contribution is 1.93. The summed E-state index contributed by atoms with van der Waals surface area (Å²) in [4.78, 5) is 2.36. The van der Waals surface area contributed by atoms with E-state index in [9.17, 15) is 0 Å². The van der Waals surface area contributed by atoms with E-state index in [1.165, 1.54) is 29.3 Å². The smallest absolute Gasteiger partial charge is 0.0163 e. The van der Waals surface area contributed by atoms with Crippen LogP contribution in [0.2, 0.25) is 6.04 Å². The van der Waals surface area contributed by atoms with Crippen LogP contribution >= 0.6 is 0 Å². The topological polar surface area (TPSA) is 3.24 Å². The van der Waals surface area contributed by atoms with Gasteiger partial charge >= 0.3 is 0 Å². The van der Waals surface area contributed by atoms with Crippen molar-refractivity contribution < 1.29 is 0 Å². The molecule has 0 fully saturated rings. The Balaban J connectivity index is 3.49. The van der Waals surface area contributed by atoms with Crippen LogP contribution < -0.4 is 0 Å². The van der Waals surface area contributed by atoms with Crippen molar-refractivity contribution in [2.24, 2.45) is 0 Å². The summed E-state index contributed by atoms with van der Waals surface area (Å²) in [6.45, 7) is 10.6. The summed E-state index contributed by atoms with van der Waals surface area (Å²) in [5, 5.41) is 0. The van der Waals surface area contributed by atoms with Gasteiger partial charge < -0.3 is 0 Å². The van der Waals surface area contributed by atoms with E-state index < -0.39 is 0 Å². The van der Waals surface area contributed by atoms with Crippen LogP contribution in [-0.2, 0) is 0 Å². The fourth-order valence-electron chi connectivity index (χ4n) is 1.00. The lowest BCUT2D eigenvalue weighted by Gasteiger charge is -2.17. The molecule has 0 atom stereocenters. The summed E-state index contributed by atoms with van der Waals surface area (Å²) in [7, 11) is 1.32. The summed E-state index contributed by atoms with van der Waals surface area (Å²) in [6.07, 6.45) is 5.24. The second kappa shape index (κ2) is 7.76. The van der Waals surface area contributed by atoms with Crippen LogP contribution in [0.15, 0.2) is 25.3 Å². The van der Waals surface area contributed by atoms with Gasteiger partial charge in [-0.3, -0.25) is 4.90 Å². The first-order chi connectivity index (χ1) is 5.35. The SMILES string of the molecule is C=CCN(CC=C)CCC[SiH3]. The maximum absolute atomic E-state index is 3.72. The predicted molar refractivity (Wildman–Crippen MR) is 56.2 cm³/mol. The summed E-state index contributed by atoms with van der Waals surface area (Å²) >= 11 is 0. The second-order valence-corrected chi connectivity index (χ2v) is 3.69. The molecule has 0 spiro atoms. The van der Waals surface area contributed by atoms with Crippen molar-refractivity contribution in [1.29, 1.82) is 0 Å². The molecule has 1 nitrogen and oxygen atoms in total. The Hall–Kier alpha value is -0.343. The minimum Gasteiger partial charge on any atom is -0.296 e. The third kappa shape index (κ3) is 6.07. The van der Waals surface area contributed by atoms with E-state index in [1.54, 1.807) is 0 Å². The van der Waals surface area contributed by atoms with Crippen molar-refractivity contribution in [3.63, 3.8) is 0 Å². The molecular formula is C9H19NSi. The average Bonchev–Trinajstić information content (AvgIpc) is 2.01. The van der Waals surface area contributed by atoms with Gasteiger partial charge in [-0.15, -0.1) is 13.2 Å². The molecule has 0 aliphatic heterocycles. The molecule has 0 saturated carbocycles. The maximum atomic E-state index is 3.72. The highest BCUT2D eigenvalue weighted by Gasteiger charge is 1.97. The van der Waals surface area contributed by atoms with Crippen LogP contribution in [0.1, 0.15) is 6.42 Å². The fraction of sp³-hybridized carbons (Fsp3) is 0.556. The Labute approximate surface area is 73.2 Å². The van der Waals surface area contributed by atoms with E-state index in [0.29, 0.717) is 0 Å². The van der Waals surface area contributed by atoms with Crippen molar-refractivity contribution in [3.05, 3.63) is 25.3 Å². The van der Waals surface area contributed by atoms with Gasteiger partial charge in [0.15, 0.2) is 0 Å². The van der Waals surface area contributed by atoms with Gasteiger partial charge in [-0.25, -0.2) is 0 Å². The van der Waals surface area contributed by atoms with Crippen molar-refractivity contribution in [2.75, 3.05) is 19.6 Å². The third-order valence-electron chi connectivity index (χ3n) is 1.60. The summed E-state index contributed by atoms with van der Waals surface area (Å²) < 4.78 is 0. The Kier molecular flexibility index (Phi) is 7.52. The molecule has 64 valence electrons. The highest BCUT2D eigenvalue weighted by atomic mass is 28.1. The number of nitrogens with zero attached hydrogens (tertiary/aromatic N) is 1. The Morgan fingerprint density at radius 1 is 1.18 bits per heavy atom. The summed E-state index contributed by atoms with van der Waals surface area (Å²) in [5.74, 6) is 0. The lowest BCUT2D eigenvalue weighted by molar-refractivity contribution is 0.336. The van der Waals surface area contributed by atoms with Gasteiger partial charge in [0, 0.05) is 23.3 Å². The largest absolute Gasteiger partial charge is 0.296 e. The molecule has 0 aliphatic rings. The summed E-state index contributed by atoms with van der Waals surface area (Å²) in [5.41, 5.74) is 0. The van der Waals surface area contributed by atoms with E-state index in [-0.39, 0.29) is 0 Å². The highest BCUT2D eigenvalue weighted by molar-refractivity contribution is 6.08. The van der Waals surface area contributed by atoms with Gasteiger partial charge in [0.2, 0.25) is 0 Å². The first-order valence-electron chi connectivity index (χ1n) is 4.29. The number of rotatable bonds is 7. The van der Waals surface area contributed by atoms with Gasteiger partial charge in [-0.2, -0.15) is 0 Å². The fourth-order valence-corrected chi connectivity index (χ4v) is 1.32. The molecule has 0 saturated heterocycles. The van der Waals surface area contributed by atoms with Crippen LogP contribution in [0.3, 0.4) is 0 Å². The lowest BCUT2D eigenvalue weighted by atomic mass is 10.4. The molecule has 0 radical (unpaired) electrons. The second-order valence-electron chi connectivity index (χ2n) is 2.69. The zero-order valence-corrected chi connectivity index (χ0v) is 9.55. The quantitative estimate of drug-likeness (QED) is 0.403. The normalized spacial score (nSPS) is 10.3. The molecule has 0 unspecified atom stereocenters. The maximum Gasteiger partial charge on any atom is 0.0163 e. The predicted octanol–water partition coefficient (Wildman–Crippen LogP) is 0.834. The first-order valence-corrected chi connectivity index (χ1v) is 5.70. The monoisotopic (exact) mass is 169 g/mol. The van der Waals surface area contributed by atoms with Crippen molar-refractivity contribution in [3.8, 4) is 0 Å². The lowest BCUT2D eigenvalue weighted by Crippen LogP contribution is -2.24. The molecule has 0 aromatic heterocycles. The van der Waals surface area contributed by atoms with Gasteiger partial charge in [0.05, 0.1) is 0 Å². The Morgan fingerprint density at radius 3 is 2.09 bits per heavy atom. The van der Waals surface area contributed by atoms with Gasteiger partial charge in [-0.05, 0) is 13.0 Å². The molecule has 0 bridgehead atoms. The van der Waals surface area contributed by atoms with Crippen molar-refractivity contribution in [1.82, 2.24) is 4.90 Å². The van der Waals surface area contributed by atoms with Crippen molar-refractivity contribution in [2.45, 2.75) is 12.5 Å². The molecule has 11 heavy (non-hydrogen) atoms. The van der Waals surface area contributed by atoms with Crippen LogP contribution in [0.5, 0.6) is 0 Å². The molecular weight excluding hydrogens is 150 g/mol. The first kappa shape index (κ1) is 10.7. The minimum atomic E-state index is 0.994. The van der Waals surface area contributed by atoms with Crippen LogP contribution in [0.4, 0.5) is 0 Å². The van der Waals surface area contributed by atoms with E-state index in [2.05, 4.69) is 18.1 Å². The Bertz CT molecular complexity index is 102. The Morgan fingerprint density at radius 2 is 1.73 bits per heavy atom. The molecule has 0 aliphatic carbocycles. The number of hydrogen-bond acceptors (Lipinski definition) is 1. The molecule has 0 N–H and O–H groups in total. The minimum absolute atomic E-state index is 0.994. The molecule has 0 aromatic carbocycles. The molecule has 0 amide bonds. The number of hydrogen-bond donors (Lipinski definition) is 0. The summed E-state index contributed by atoms with van der Waals surface area (Å²) in [6, 6.07) is 1.39. The standard InChI is InChI=1S/C9H19NSi/c1-3-6-10(7-4-2)8-5-9-11/h3-4H,1-2,5-9H2,11H3. The molecule has 2 heteroatoms.